The Morgan fingerprint density at radius 2 is 2.43 bits per heavy atom. The van der Waals surface area contributed by atoms with E-state index in [1.807, 2.05) is 0 Å². The van der Waals surface area contributed by atoms with E-state index in [1.54, 1.807) is 13.8 Å². The van der Waals surface area contributed by atoms with Gasteiger partial charge in [-0.3, -0.25) is 9.89 Å². The zero-order chi connectivity index (χ0) is 15.5. The van der Waals surface area contributed by atoms with Crippen molar-refractivity contribution in [2.75, 3.05) is 13.2 Å². The zero-order valence-electron chi connectivity index (χ0n) is 11.9. The summed E-state index contributed by atoms with van der Waals surface area (Å²) in [6.07, 6.45) is 2.40. The molecule has 1 aliphatic heterocycles. The van der Waals surface area contributed by atoms with E-state index in [0.717, 1.165) is 4.31 Å². The van der Waals surface area contributed by atoms with Crippen LogP contribution in [0.1, 0.15) is 38.6 Å². The second-order valence-corrected chi connectivity index (χ2v) is 6.39. The second-order valence-electron chi connectivity index (χ2n) is 4.74. The van der Waals surface area contributed by atoms with Crippen LogP contribution in [0.3, 0.4) is 0 Å². The van der Waals surface area contributed by atoms with Crippen molar-refractivity contribution in [3.05, 3.63) is 12.2 Å². The molecular weight excluding hydrogens is 298 g/mol. The average molecular weight is 317 g/mol. The molecule has 2 heterocycles. The molecular formula is C11H19N5O4S. The number of rotatable bonds is 6. The number of esters is 1. The molecule has 1 saturated heterocycles. The minimum absolute atomic E-state index is 0.227. The van der Waals surface area contributed by atoms with Crippen molar-refractivity contribution < 1.29 is 17.9 Å². The van der Waals surface area contributed by atoms with Gasteiger partial charge < -0.3 is 4.74 Å². The molecule has 1 fully saturated rings. The number of carbonyl (C=O) groups is 1. The molecule has 0 amide bonds. The molecule has 0 aromatic carbocycles. The van der Waals surface area contributed by atoms with Crippen molar-refractivity contribution in [3.8, 4) is 0 Å². The summed E-state index contributed by atoms with van der Waals surface area (Å²) in [4.78, 5) is 15.7. The lowest BCUT2D eigenvalue weighted by Crippen LogP contribution is -2.47. The average Bonchev–Trinajstić information content (AvgIpc) is 3.10. The summed E-state index contributed by atoms with van der Waals surface area (Å²) in [5.41, 5.74) is 0. The van der Waals surface area contributed by atoms with Crippen LogP contribution in [0.25, 0.3) is 0 Å². The fraction of sp³-hybridized carbons (Fsp3) is 0.727. The lowest BCUT2D eigenvalue weighted by molar-refractivity contribution is -0.146. The van der Waals surface area contributed by atoms with E-state index in [-0.39, 0.29) is 6.61 Å². The predicted octanol–water partition coefficient (Wildman–Crippen LogP) is -0.272. The highest BCUT2D eigenvalue weighted by molar-refractivity contribution is 7.87. The first-order valence-corrected chi connectivity index (χ1v) is 8.20. The molecule has 2 atom stereocenters. The Hall–Kier alpha value is -1.52. The number of aromatic nitrogens is 3. The first kappa shape index (κ1) is 15.9. The summed E-state index contributed by atoms with van der Waals surface area (Å²) in [5.74, 6) is -0.0989. The SMILES string of the molecule is CCOC(=O)C1CCCN1S(=O)(=O)NC(C)c1ncn[nH]1. The Balaban J connectivity index is 2.09. The van der Waals surface area contributed by atoms with Crippen LogP contribution in [0, 0.1) is 0 Å². The van der Waals surface area contributed by atoms with Gasteiger partial charge in [-0.25, -0.2) is 4.98 Å². The molecule has 1 aromatic heterocycles. The van der Waals surface area contributed by atoms with Crippen molar-refractivity contribution >= 4 is 16.2 Å². The molecule has 9 nitrogen and oxygen atoms in total. The van der Waals surface area contributed by atoms with Crippen molar-refractivity contribution in [1.82, 2.24) is 24.2 Å². The Kier molecular flexibility index (Phi) is 4.91. The fourth-order valence-corrected chi connectivity index (χ4v) is 3.86. The van der Waals surface area contributed by atoms with Gasteiger partial charge in [0.25, 0.3) is 10.2 Å². The van der Waals surface area contributed by atoms with Crippen molar-refractivity contribution in [2.45, 2.75) is 38.8 Å². The summed E-state index contributed by atoms with van der Waals surface area (Å²) >= 11 is 0. The first-order chi connectivity index (χ1) is 9.95. The Morgan fingerprint density at radius 1 is 1.67 bits per heavy atom. The molecule has 0 radical (unpaired) electrons. The highest BCUT2D eigenvalue weighted by atomic mass is 32.2. The summed E-state index contributed by atoms with van der Waals surface area (Å²) in [6.45, 7) is 3.86. The van der Waals surface area contributed by atoms with Gasteiger partial charge in [-0.15, -0.1) is 0 Å². The molecule has 2 rings (SSSR count). The number of ether oxygens (including phenoxy) is 1. The van der Waals surface area contributed by atoms with Crippen molar-refractivity contribution in [1.29, 1.82) is 0 Å². The third kappa shape index (κ3) is 3.57. The quantitative estimate of drug-likeness (QED) is 0.697. The van der Waals surface area contributed by atoms with Crippen LogP contribution in [0.15, 0.2) is 6.33 Å². The van der Waals surface area contributed by atoms with Crippen LogP contribution in [0.5, 0.6) is 0 Å². The molecule has 0 aliphatic carbocycles. The highest BCUT2D eigenvalue weighted by Crippen LogP contribution is 2.22. The number of carbonyl (C=O) groups excluding carboxylic acids is 1. The number of hydrogen-bond acceptors (Lipinski definition) is 6. The lowest BCUT2D eigenvalue weighted by atomic mass is 10.2. The molecule has 2 unspecified atom stereocenters. The smallest absolute Gasteiger partial charge is 0.324 e. The Bertz CT molecular complexity index is 573. The van der Waals surface area contributed by atoms with E-state index >= 15 is 0 Å². The largest absolute Gasteiger partial charge is 0.465 e. The van der Waals surface area contributed by atoms with Gasteiger partial charge in [-0.1, -0.05) is 0 Å². The molecule has 2 N–H and O–H groups in total. The standard InChI is InChI=1S/C11H19N5O4S/c1-3-20-11(17)9-5-4-6-16(9)21(18,19)15-8(2)10-12-7-13-14-10/h7-9,15H,3-6H2,1-2H3,(H,12,13,14). The predicted molar refractivity (Wildman–Crippen MR) is 73.2 cm³/mol. The first-order valence-electron chi connectivity index (χ1n) is 6.76. The minimum atomic E-state index is -3.80. The third-order valence-corrected chi connectivity index (χ3v) is 4.95. The van der Waals surface area contributed by atoms with Gasteiger partial charge in [-0.2, -0.15) is 22.5 Å². The van der Waals surface area contributed by atoms with Gasteiger partial charge in [0, 0.05) is 6.54 Å². The highest BCUT2D eigenvalue weighted by Gasteiger charge is 2.40. The van der Waals surface area contributed by atoms with Gasteiger partial charge >= 0.3 is 5.97 Å². The van der Waals surface area contributed by atoms with Gasteiger partial charge in [-0.05, 0) is 26.7 Å². The maximum atomic E-state index is 12.4. The fourth-order valence-electron chi connectivity index (χ4n) is 2.27. The van der Waals surface area contributed by atoms with E-state index in [9.17, 15) is 13.2 Å². The topological polar surface area (TPSA) is 117 Å². The van der Waals surface area contributed by atoms with Gasteiger partial charge in [0.1, 0.15) is 18.2 Å². The normalized spacial score (nSPS) is 21.3. The second kappa shape index (κ2) is 6.50. The van der Waals surface area contributed by atoms with E-state index in [0.29, 0.717) is 25.2 Å². The maximum absolute atomic E-state index is 12.4. The van der Waals surface area contributed by atoms with Crippen molar-refractivity contribution in [3.63, 3.8) is 0 Å². The van der Waals surface area contributed by atoms with Crippen LogP contribution in [0.2, 0.25) is 0 Å². The molecule has 10 heteroatoms. The molecule has 0 saturated carbocycles. The van der Waals surface area contributed by atoms with Gasteiger partial charge in [0.2, 0.25) is 0 Å². The van der Waals surface area contributed by atoms with E-state index in [2.05, 4.69) is 19.9 Å². The summed E-state index contributed by atoms with van der Waals surface area (Å²) < 4.78 is 33.4. The molecule has 1 aliphatic rings. The number of aromatic amines is 1. The Labute approximate surface area is 123 Å². The van der Waals surface area contributed by atoms with E-state index in [1.165, 1.54) is 6.33 Å². The van der Waals surface area contributed by atoms with Crippen LogP contribution in [-0.4, -0.2) is 53.1 Å². The van der Waals surface area contributed by atoms with Crippen LogP contribution < -0.4 is 4.72 Å². The summed E-state index contributed by atoms with van der Waals surface area (Å²) in [7, 11) is -3.80. The monoisotopic (exact) mass is 317 g/mol. The summed E-state index contributed by atoms with van der Waals surface area (Å²) in [5, 5.41) is 6.29. The molecule has 0 spiro atoms. The molecule has 118 valence electrons. The number of H-pyrrole nitrogens is 1. The molecule has 0 bridgehead atoms. The van der Waals surface area contributed by atoms with E-state index < -0.39 is 28.3 Å². The Morgan fingerprint density at radius 3 is 3.05 bits per heavy atom. The third-order valence-electron chi connectivity index (χ3n) is 3.24. The number of hydrogen-bond donors (Lipinski definition) is 2. The minimum Gasteiger partial charge on any atom is -0.465 e. The number of nitrogens with one attached hydrogen (secondary N) is 2. The molecule has 1 aromatic rings. The maximum Gasteiger partial charge on any atom is 0.324 e. The van der Waals surface area contributed by atoms with Gasteiger partial charge in [0.05, 0.1) is 12.6 Å². The molecule has 21 heavy (non-hydrogen) atoms. The zero-order valence-corrected chi connectivity index (χ0v) is 12.8. The van der Waals surface area contributed by atoms with Crippen LogP contribution >= 0.6 is 0 Å². The van der Waals surface area contributed by atoms with Crippen molar-refractivity contribution in [2.24, 2.45) is 0 Å². The van der Waals surface area contributed by atoms with E-state index in [4.69, 9.17) is 4.74 Å². The van der Waals surface area contributed by atoms with Crippen LogP contribution in [0.4, 0.5) is 0 Å². The summed E-state index contributed by atoms with van der Waals surface area (Å²) in [6, 6.07) is -1.33. The lowest BCUT2D eigenvalue weighted by Gasteiger charge is -2.24. The van der Waals surface area contributed by atoms with Gasteiger partial charge in [0.15, 0.2) is 0 Å². The number of nitrogens with zero attached hydrogens (tertiary/aromatic N) is 3. The van der Waals surface area contributed by atoms with Crippen LogP contribution in [-0.2, 0) is 19.7 Å².